The first-order valence-corrected chi connectivity index (χ1v) is 10.9. The van der Waals surface area contributed by atoms with E-state index in [2.05, 4.69) is 50.4 Å². The molecule has 0 radical (unpaired) electrons. The van der Waals surface area contributed by atoms with Crippen LogP contribution in [-0.2, 0) is 10.2 Å². The average molecular weight is 429 g/mol. The molecule has 1 heterocycles. The summed E-state index contributed by atoms with van der Waals surface area (Å²) < 4.78 is 5.08. The van der Waals surface area contributed by atoms with E-state index in [9.17, 15) is 9.59 Å². The van der Waals surface area contributed by atoms with Crippen molar-refractivity contribution in [3.8, 4) is 0 Å². The zero-order valence-corrected chi connectivity index (χ0v) is 18.9. The van der Waals surface area contributed by atoms with Crippen molar-refractivity contribution >= 4 is 23.3 Å². The van der Waals surface area contributed by atoms with E-state index in [1.54, 1.807) is 36.1 Å². The Balaban J connectivity index is 1.75. The second-order valence-electron chi connectivity index (χ2n) is 8.91. The van der Waals surface area contributed by atoms with E-state index in [0.717, 1.165) is 11.3 Å². The van der Waals surface area contributed by atoms with E-state index in [4.69, 9.17) is 4.74 Å². The summed E-state index contributed by atoms with van der Waals surface area (Å²) in [5, 5.41) is 3.52. The summed E-state index contributed by atoms with van der Waals surface area (Å²) in [5.74, 6) is -0.463. The minimum atomic E-state index is -0.375. The number of nitrogens with zero attached hydrogens (tertiary/aromatic N) is 1. The van der Waals surface area contributed by atoms with Gasteiger partial charge in [0.2, 0.25) is 0 Å². The lowest BCUT2D eigenvalue weighted by atomic mass is 9.86. The highest BCUT2D eigenvalue weighted by Crippen LogP contribution is 2.37. The average Bonchev–Trinajstić information content (AvgIpc) is 2.79. The molecular weight excluding hydrogens is 400 g/mol. The van der Waals surface area contributed by atoms with Crippen molar-refractivity contribution in [3.63, 3.8) is 0 Å². The van der Waals surface area contributed by atoms with Gasteiger partial charge in [0.1, 0.15) is 6.17 Å². The van der Waals surface area contributed by atoms with Gasteiger partial charge in [-0.3, -0.25) is 9.69 Å². The van der Waals surface area contributed by atoms with E-state index >= 15 is 0 Å². The highest BCUT2D eigenvalue weighted by molar-refractivity contribution is 6.12. The summed E-state index contributed by atoms with van der Waals surface area (Å²) >= 11 is 0. The first-order valence-electron chi connectivity index (χ1n) is 10.9. The van der Waals surface area contributed by atoms with Gasteiger partial charge in [0.25, 0.3) is 5.91 Å². The Morgan fingerprint density at radius 1 is 0.969 bits per heavy atom. The van der Waals surface area contributed by atoms with E-state index in [1.165, 1.54) is 5.56 Å². The molecule has 1 aliphatic rings. The lowest BCUT2D eigenvalue weighted by Gasteiger charge is -2.38. The summed E-state index contributed by atoms with van der Waals surface area (Å²) in [7, 11) is 0. The summed E-state index contributed by atoms with van der Waals surface area (Å²) in [6.45, 7) is 8.63. The van der Waals surface area contributed by atoms with Crippen LogP contribution in [0.15, 0.2) is 72.8 Å². The molecule has 0 aromatic heterocycles. The van der Waals surface area contributed by atoms with Crippen LogP contribution in [-0.4, -0.2) is 18.5 Å². The second kappa shape index (κ2) is 8.50. The van der Waals surface area contributed by atoms with E-state index in [0.29, 0.717) is 23.4 Å². The molecule has 164 valence electrons. The molecule has 1 unspecified atom stereocenters. The number of nitrogens with one attached hydrogen (secondary N) is 1. The fourth-order valence-electron chi connectivity index (χ4n) is 3.89. The van der Waals surface area contributed by atoms with Gasteiger partial charge in [-0.2, -0.15) is 0 Å². The van der Waals surface area contributed by atoms with Crippen LogP contribution in [0.4, 0.5) is 11.4 Å². The number of fused-ring (bicyclic) bond motifs is 1. The molecule has 3 aromatic rings. The fraction of sp³-hybridized carbons (Fsp3) is 0.259. The first-order chi connectivity index (χ1) is 15.3. The number of rotatable bonds is 4. The van der Waals surface area contributed by atoms with Gasteiger partial charge in [0.15, 0.2) is 0 Å². The number of hydrogen-bond donors (Lipinski definition) is 1. The molecule has 0 saturated carbocycles. The van der Waals surface area contributed by atoms with Gasteiger partial charge < -0.3 is 10.1 Å². The molecule has 32 heavy (non-hydrogen) atoms. The van der Waals surface area contributed by atoms with Gasteiger partial charge >= 0.3 is 5.97 Å². The Morgan fingerprint density at radius 3 is 2.25 bits per heavy atom. The van der Waals surface area contributed by atoms with Gasteiger partial charge in [0, 0.05) is 11.4 Å². The molecule has 1 amide bonds. The first kappa shape index (κ1) is 21.6. The summed E-state index contributed by atoms with van der Waals surface area (Å²) in [6.07, 6.45) is -0.375. The summed E-state index contributed by atoms with van der Waals surface area (Å²) in [4.78, 5) is 27.3. The number of ether oxygens (including phenoxy) is 1. The van der Waals surface area contributed by atoms with Crippen molar-refractivity contribution in [1.29, 1.82) is 0 Å². The molecule has 1 N–H and O–H groups in total. The van der Waals surface area contributed by atoms with Crippen molar-refractivity contribution in [3.05, 3.63) is 95.1 Å². The number of carbonyl (C=O) groups excluding carboxylic acids is 2. The molecule has 3 aromatic carbocycles. The molecular formula is C27H28N2O3. The van der Waals surface area contributed by atoms with Crippen molar-refractivity contribution in [1.82, 2.24) is 0 Å². The highest BCUT2D eigenvalue weighted by Gasteiger charge is 2.34. The Kier molecular flexibility index (Phi) is 5.74. The predicted molar refractivity (Wildman–Crippen MR) is 127 cm³/mol. The van der Waals surface area contributed by atoms with E-state index < -0.39 is 0 Å². The second-order valence-corrected chi connectivity index (χ2v) is 8.91. The largest absolute Gasteiger partial charge is 0.462 e. The summed E-state index contributed by atoms with van der Waals surface area (Å²) in [5.41, 5.74) is 4.84. The molecule has 0 spiro atoms. The molecule has 5 nitrogen and oxygen atoms in total. The number of hydrogen-bond acceptors (Lipinski definition) is 4. The standard InChI is InChI=1S/C27H28N2O3/c1-5-32-26(31)19-12-16-21(17-13-19)29-24(18-10-14-20(15-11-18)27(2,3)4)28-23-9-7-6-8-22(23)25(29)30/h6-17,24,28H,5H2,1-4H3. The zero-order valence-electron chi connectivity index (χ0n) is 18.9. The third kappa shape index (κ3) is 4.11. The third-order valence-corrected chi connectivity index (χ3v) is 5.68. The van der Waals surface area contributed by atoms with E-state index in [1.807, 2.05) is 24.3 Å². The SMILES string of the molecule is CCOC(=O)c1ccc(N2C(=O)c3ccccc3NC2c2ccc(C(C)(C)C)cc2)cc1. The number of benzene rings is 3. The van der Waals surface area contributed by atoms with Gasteiger partial charge in [-0.05, 0) is 59.9 Å². The zero-order chi connectivity index (χ0) is 22.9. The molecule has 0 bridgehead atoms. The van der Waals surface area contributed by atoms with E-state index in [-0.39, 0.29) is 23.5 Å². The van der Waals surface area contributed by atoms with Crippen LogP contribution >= 0.6 is 0 Å². The molecule has 0 fully saturated rings. The maximum atomic E-state index is 13.5. The number of esters is 1. The maximum Gasteiger partial charge on any atom is 0.338 e. The van der Waals surface area contributed by atoms with Crippen LogP contribution in [0.3, 0.4) is 0 Å². The fourth-order valence-corrected chi connectivity index (χ4v) is 3.89. The number of para-hydroxylation sites is 1. The molecule has 4 rings (SSSR count). The van der Waals surface area contributed by atoms with Crippen molar-refractivity contribution in [2.45, 2.75) is 39.3 Å². The molecule has 0 saturated heterocycles. The number of carbonyl (C=O) groups is 2. The van der Waals surface area contributed by atoms with Crippen molar-refractivity contribution in [2.75, 3.05) is 16.8 Å². The Bertz CT molecular complexity index is 1130. The topological polar surface area (TPSA) is 58.6 Å². The van der Waals surface area contributed by atoms with Crippen molar-refractivity contribution in [2.24, 2.45) is 0 Å². The molecule has 1 atom stereocenters. The molecule has 0 aliphatic carbocycles. The summed E-state index contributed by atoms with van der Waals surface area (Å²) in [6, 6.07) is 22.9. The van der Waals surface area contributed by atoms with Crippen LogP contribution in [0.5, 0.6) is 0 Å². The number of anilines is 2. The van der Waals surface area contributed by atoms with Crippen molar-refractivity contribution < 1.29 is 14.3 Å². The Hall–Kier alpha value is -3.60. The van der Waals surface area contributed by atoms with Gasteiger partial charge in [-0.1, -0.05) is 57.2 Å². The quantitative estimate of drug-likeness (QED) is 0.523. The lowest BCUT2D eigenvalue weighted by Crippen LogP contribution is -2.43. The lowest BCUT2D eigenvalue weighted by molar-refractivity contribution is 0.0526. The maximum absolute atomic E-state index is 13.5. The van der Waals surface area contributed by atoms with Crippen LogP contribution in [0, 0.1) is 0 Å². The van der Waals surface area contributed by atoms with Gasteiger partial charge in [-0.25, -0.2) is 4.79 Å². The van der Waals surface area contributed by atoms with Crippen LogP contribution < -0.4 is 10.2 Å². The predicted octanol–water partition coefficient (Wildman–Crippen LogP) is 5.93. The monoisotopic (exact) mass is 428 g/mol. The minimum absolute atomic E-state index is 0.0452. The molecule has 5 heteroatoms. The Morgan fingerprint density at radius 2 is 1.62 bits per heavy atom. The van der Waals surface area contributed by atoms with Gasteiger partial charge in [0.05, 0.1) is 17.7 Å². The highest BCUT2D eigenvalue weighted by atomic mass is 16.5. The molecule has 1 aliphatic heterocycles. The third-order valence-electron chi connectivity index (χ3n) is 5.68. The van der Waals surface area contributed by atoms with Gasteiger partial charge in [-0.15, -0.1) is 0 Å². The van der Waals surface area contributed by atoms with Crippen LogP contribution in [0.2, 0.25) is 0 Å². The van der Waals surface area contributed by atoms with Crippen LogP contribution in [0.25, 0.3) is 0 Å². The van der Waals surface area contributed by atoms with Crippen LogP contribution in [0.1, 0.15) is 65.7 Å². The Labute approximate surface area is 189 Å². The number of amides is 1. The minimum Gasteiger partial charge on any atom is -0.462 e. The normalized spacial score (nSPS) is 15.7. The smallest absolute Gasteiger partial charge is 0.338 e.